The minimum absolute atomic E-state index is 0.0221. The molecule has 0 aliphatic heterocycles. The van der Waals surface area contributed by atoms with E-state index in [-0.39, 0.29) is 18.1 Å². The molecule has 3 amide bonds. The Morgan fingerprint density at radius 3 is 1.77 bits per heavy atom. The molecule has 0 aromatic heterocycles. The van der Waals surface area contributed by atoms with Gasteiger partial charge in [-0.1, -0.05) is 13.8 Å². The third-order valence-corrected chi connectivity index (χ3v) is 6.00. The van der Waals surface area contributed by atoms with Gasteiger partial charge in [0, 0.05) is 5.75 Å². The maximum Gasteiger partial charge on any atom is 0.326 e. The van der Waals surface area contributed by atoms with Gasteiger partial charge in [-0.15, -0.1) is 0 Å². The highest BCUT2D eigenvalue weighted by molar-refractivity contribution is 7.98. The van der Waals surface area contributed by atoms with Gasteiger partial charge in [-0.25, -0.2) is 4.79 Å². The summed E-state index contributed by atoms with van der Waals surface area (Å²) in [5.74, 6) is -1.34. The molecule has 4 unspecified atom stereocenters. The maximum atomic E-state index is 12.7. The van der Waals surface area contributed by atoms with Crippen LogP contribution in [0.4, 0.5) is 0 Å². The number of thioether (sulfide) groups is 2. The Kier molecular flexibility index (Phi) is 15.9. The lowest BCUT2D eigenvalue weighted by Gasteiger charge is -2.24. The highest BCUT2D eigenvalue weighted by Gasteiger charge is 2.29. The van der Waals surface area contributed by atoms with Crippen LogP contribution >= 0.6 is 36.2 Å². The van der Waals surface area contributed by atoms with Crippen LogP contribution in [0.15, 0.2) is 0 Å². The van der Waals surface area contributed by atoms with Crippen LogP contribution in [0.3, 0.4) is 0 Å². The molecule has 31 heavy (non-hydrogen) atoms. The quantitative estimate of drug-likeness (QED) is 0.167. The fraction of sp³-hybridized carbons (Fsp3) is 0.789. The van der Waals surface area contributed by atoms with Crippen molar-refractivity contribution >= 4 is 59.8 Å². The lowest BCUT2D eigenvalue weighted by atomic mass is 10.0. The van der Waals surface area contributed by atoms with Crippen molar-refractivity contribution in [3.8, 4) is 0 Å². The summed E-state index contributed by atoms with van der Waals surface area (Å²) in [4.78, 5) is 49.1. The van der Waals surface area contributed by atoms with Crippen molar-refractivity contribution in [2.45, 2.75) is 57.3 Å². The molecule has 4 atom stereocenters. The van der Waals surface area contributed by atoms with E-state index in [1.165, 1.54) is 23.5 Å². The summed E-state index contributed by atoms with van der Waals surface area (Å²) >= 11 is 7.11. The zero-order valence-electron chi connectivity index (χ0n) is 18.6. The normalized spacial score (nSPS) is 14.9. The maximum absolute atomic E-state index is 12.7. The van der Waals surface area contributed by atoms with Crippen molar-refractivity contribution in [2.24, 2.45) is 11.7 Å². The average Bonchev–Trinajstić information content (AvgIpc) is 2.70. The van der Waals surface area contributed by atoms with Crippen LogP contribution in [0, 0.1) is 5.92 Å². The topological polar surface area (TPSA) is 151 Å². The molecule has 0 rings (SSSR count). The van der Waals surface area contributed by atoms with Gasteiger partial charge in [0.1, 0.15) is 18.1 Å². The van der Waals surface area contributed by atoms with Gasteiger partial charge in [-0.2, -0.15) is 36.2 Å². The Balaban J connectivity index is 5.16. The van der Waals surface area contributed by atoms with E-state index < -0.39 is 47.9 Å². The van der Waals surface area contributed by atoms with E-state index in [0.29, 0.717) is 24.3 Å². The molecule has 0 aromatic carbocycles. The molecule has 0 radical (unpaired) electrons. The lowest BCUT2D eigenvalue weighted by Crippen LogP contribution is -2.57. The van der Waals surface area contributed by atoms with E-state index in [2.05, 4.69) is 28.6 Å². The lowest BCUT2D eigenvalue weighted by molar-refractivity contribution is -0.142. The summed E-state index contributed by atoms with van der Waals surface area (Å²) in [5.41, 5.74) is 5.87. The van der Waals surface area contributed by atoms with E-state index in [9.17, 15) is 24.3 Å². The van der Waals surface area contributed by atoms with E-state index >= 15 is 0 Å². The Bertz CT molecular complexity index is 595. The summed E-state index contributed by atoms with van der Waals surface area (Å²) in [6.45, 7) is 3.88. The van der Waals surface area contributed by atoms with Crippen molar-refractivity contribution in [1.82, 2.24) is 16.0 Å². The monoisotopic (exact) mass is 496 g/mol. The number of hydrogen-bond donors (Lipinski definition) is 6. The van der Waals surface area contributed by atoms with Gasteiger partial charge >= 0.3 is 5.97 Å². The minimum atomic E-state index is -1.13. The predicted octanol–water partition coefficient (Wildman–Crippen LogP) is 0.335. The number of carboxylic acid groups (broad SMARTS) is 1. The molecule has 0 aliphatic rings. The fourth-order valence-corrected chi connectivity index (χ4v) is 3.83. The Morgan fingerprint density at radius 2 is 1.32 bits per heavy atom. The molecule has 180 valence electrons. The van der Waals surface area contributed by atoms with E-state index in [1.54, 1.807) is 0 Å². The van der Waals surface area contributed by atoms with Crippen LogP contribution in [-0.4, -0.2) is 82.7 Å². The Morgan fingerprint density at radius 1 is 0.871 bits per heavy atom. The second kappa shape index (κ2) is 16.5. The highest BCUT2D eigenvalue weighted by atomic mass is 32.2. The summed E-state index contributed by atoms with van der Waals surface area (Å²) < 4.78 is 0. The van der Waals surface area contributed by atoms with Crippen LogP contribution in [0.5, 0.6) is 0 Å². The second-order valence-corrected chi connectivity index (χ2v) is 9.84. The SMILES string of the molecule is CSCCC(NC(=O)C(CCSC)NC(=O)C(CS)NC(=O)C(N)CC(C)C)C(=O)O. The molecule has 0 saturated heterocycles. The standard InChI is InChI=1S/C19H36N4O5S3/c1-11(2)9-12(20)16(24)23-15(10-29)18(26)21-13(5-7-30-3)17(25)22-14(19(27)28)6-8-31-4/h11-15,29H,5-10,20H2,1-4H3,(H,21,26)(H,22,25)(H,23,24)(H,27,28). The number of hydrogen-bond acceptors (Lipinski definition) is 8. The third kappa shape index (κ3) is 12.5. The van der Waals surface area contributed by atoms with Gasteiger partial charge in [0.2, 0.25) is 17.7 Å². The largest absolute Gasteiger partial charge is 0.480 e. The summed E-state index contributed by atoms with van der Waals surface area (Å²) in [6, 6.07) is -3.69. The molecule has 9 nitrogen and oxygen atoms in total. The van der Waals surface area contributed by atoms with Crippen LogP contribution in [0.25, 0.3) is 0 Å². The third-order valence-electron chi connectivity index (χ3n) is 4.35. The number of carbonyl (C=O) groups excluding carboxylic acids is 3. The molecule has 0 saturated carbocycles. The molecule has 0 heterocycles. The number of nitrogens with two attached hydrogens (primary N) is 1. The fourth-order valence-electron chi connectivity index (χ4n) is 2.63. The summed E-state index contributed by atoms with van der Waals surface area (Å²) in [6.07, 6.45) is 4.77. The van der Waals surface area contributed by atoms with Crippen molar-refractivity contribution in [2.75, 3.05) is 29.8 Å². The number of aliphatic carboxylic acids is 1. The first kappa shape index (κ1) is 29.9. The van der Waals surface area contributed by atoms with Gasteiger partial charge in [-0.3, -0.25) is 14.4 Å². The zero-order chi connectivity index (χ0) is 24.0. The van der Waals surface area contributed by atoms with Gasteiger partial charge < -0.3 is 26.8 Å². The Hall–Kier alpha value is -1.11. The first-order valence-corrected chi connectivity index (χ1v) is 13.5. The highest BCUT2D eigenvalue weighted by Crippen LogP contribution is 2.07. The van der Waals surface area contributed by atoms with Crippen molar-refractivity contribution < 1.29 is 24.3 Å². The van der Waals surface area contributed by atoms with Crippen LogP contribution in [0.2, 0.25) is 0 Å². The van der Waals surface area contributed by atoms with E-state index in [0.717, 1.165) is 0 Å². The van der Waals surface area contributed by atoms with Crippen LogP contribution < -0.4 is 21.7 Å². The number of nitrogens with one attached hydrogen (secondary N) is 3. The number of carboxylic acids is 1. The molecule has 0 spiro atoms. The smallest absolute Gasteiger partial charge is 0.326 e. The number of thiol groups is 1. The predicted molar refractivity (Wildman–Crippen MR) is 131 cm³/mol. The van der Waals surface area contributed by atoms with Gasteiger partial charge in [-0.05, 0) is 49.2 Å². The Labute approximate surface area is 198 Å². The van der Waals surface area contributed by atoms with Crippen molar-refractivity contribution in [3.05, 3.63) is 0 Å². The van der Waals surface area contributed by atoms with Crippen LogP contribution in [0.1, 0.15) is 33.1 Å². The van der Waals surface area contributed by atoms with Gasteiger partial charge in [0.05, 0.1) is 6.04 Å². The van der Waals surface area contributed by atoms with E-state index in [1.807, 2.05) is 26.4 Å². The molecule has 6 N–H and O–H groups in total. The first-order chi connectivity index (χ1) is 14.6. The summed E-state index contributed by atoms with van der Waals surface area (Å²) in [7, 11) is 0. The molecular weight excluding hydrogens is 460 g/mol. The molecule has 0 aromatic rings. The van der Waals surface area contributed by atoms with Gasteiger partial charge in [0.15, 0.2) is 0 Å². The number of rotatable bonds is 16. The number of carbonyl (C=O) groups is 4. The molecule has 0 fully saturated rings. The molecule has 0 bridgehead atoms. The van der Waals surface area contributed by atoms with Gasteiger partial charge in [0.25, 0.3) is 0 Å². The average molecular weight is 497 g/mol. The van der Waals surface area contributed by atoms with Crippen LogP contribution in [-0.2, 0) is 19.2 Å². The first-order valence-electron chi connectivity index (χ1n) is 10.1. The molecular formula is C19H36N4O5S3. The molecule has 12 heteroatoms. The minimum Gasteiger partial charge on any atom is -0.480 e. The van der Waals surface area contributed by atoms with Crippen molar-refractivity contribution in [1.29, 1.82) is 0 Å². The number of amides is 3. The zero-order valence-corrected chi connectivity index (χ0v) is 21.1. The summed E-state index contributed by atoms with van der Waals surface area (Å²) in [5, 5.41) is 17.0. The second-order valence-electron chi connectivity index (χ2n) is 7.50. The molecule has 0 aliphatic carbocycles. The van der Waals surface area contributed by atoms with Crippen molar-refractivity contribution in [3.63, 3.8) is 0 Å². The van der Waals surface area contributed by atoms with E-state index in [4.69, 9.17) is 5.73 Å².